The predicted molar refractivity (Wildman–Crippen MR) is 108 cm³/mol. The van der Waals surface area contributed by atoms with E-state index >= 15 is 0 Å². The first-order valence-electron chi connectivity index (χ1n) is 9.83. The van der Waals surface area contributed by atoms with Gasteiger partial charge in [-0.3, -0.25) is 9.59 Å². The Morgan fingerprint density at radius 1 is 1.23 bits per heavy atom. The lowest BCUT2D eigenvalue weighted by Gasteiger charge is -2.30. The van der Waals surface area contributed by atoms with Crippen molar-refractivity contribution in [2.24, 2.45) is 11.7 Å². The van der Waals surface area contributed by atoms with Crippen LogP contribution >= 0.6 is 0 Å². The maximum absolute atomic E-state index is 12.8. The van der Waals surface area contributed by atoms with E-state index in [1.165, 1.54) is 16.4 Å². The molecule has 0 bridgehead atoms. The van der Waals surface area contributed by atoms with Crippen molar-refractivity contribution in [1.82, 2.24) is 24.4 Å². The van der Waals surface area contributed by atoms with Gasteiger partial charge in [0.15, 0.2) is 6.61 Å². The zero-order valence-electron chi connectivity index (χ0n) is 17.0. The Morgan fingerprint density at radius 2 is 1.90 bits per heavy atom. The normalized spacial score (nSPS) is 15.6. The molecule has 1 aromatic heterocycles. The summed E-state index contributed by atoms with van der Waals surface area (Å²) in [6.07, 6.45) is 1.06. The molecular weight excluding hydrogens is 412 g/mol. The highest BCUT2D eigenvalue weighted by molar-refractivity contribution is 7.89. The van der Waals surface area contributed by atoms with Crippen LogP contribution in [0, 0.1) is 5.92 Å². The average Bonchev–Trinajstić information content (AvgIpc) is 3.15. The van der Waals surface area contributed by atoms with Gasteiger partial charge in [0.25, 0.3) is 5.91 Å². The molecule has 0 aliphatic carbocycles. The fourth-order valence-electron chi connectivity index (χ4n) is 3.47. The van der Waals surface area contributed by atoms with Gasteiger partial charge >= 0.3 is 0 Å². The second-order valence-corrected chi connectivity index (χ2v) is 8.97. The third kappa shape index (κ3) is 4.38. The van der Waals surface area contributed by atoms with Gasteiger partial charge in [-0.1, -0.05) is 18.7 Å². The maximum atomic E-state index is 12.8. The summed E-state index contributed by atoms with van der Waals surface area (Å²) in [6, 6.07) is 4.46. The largest absolute Gasteiger partial charge is 0.385 e. The van der Waals surface area contributed by atoms with Crippen LogP contribution in [0.1, 0.15) is 26.7 Å². The number of nitrogens with two attached hydrogens (primary N) is 1. The number of hydrogen-bond donors (Lipinski definition) is 1. The first-order valence-corrected chi connectivity index (χ1v) is 11.3. The Morgan fingerprint density at radius 3 is 2.50 bits per heavy atom. The van der Waals surface area contributed by atoms with Gasteiger partial charge in [0.1, 0.15) is 11.0 Å². The predicted octanol–water partition coefficient (Wildman–Crippen LogP) is -0.386. The molecule has 0 saturated carbocycles. The number of sulfonamides is 1. The van der Waals surface area contributed by atoms with E-state index in [9.17, 15) is 18.0 Å². The third-order valence-electron chi connectivity index (χ3n) is 5.29. The van der Waals surface area contributed by atoms with Crippen LogP contribution in [0.2, 0.25) is 0 Å². The number of amides is 2. The summed E-state index contributed by atoms with van der Waals surface area (Å²) < 4.78 is 26.9. The number of carbonyl (C=O) groups is 2. The second-order valence-electron chi connectivity index (χ2n) is 7.03. The van der Waals surface area contributed by atoms with E-state index in [1.807, 2.05) is 0 Å². The Hall–Kier alpha value is -2.73. The molecule has 1 aliphatic heterocycles. The molecule has 11 nitrogen and oxygen atoms in total. The second kappa shape index (κ2) is 8.96. The highest BCUT2D eigenvalue weighted by Crippen LogP contribution is 2.20. The van der Waals surface area contributed by atoms with Gasteiger partial charge in [0.05, 0.1) is 4.90 Å². The van der Waals surface area contributed by atoms with E-state index in [0.29, 0.717) is 50.1 Å². The van der Waals surface area contributed by atoms with Crippen molar-refractivity contribution in [3.8, 4) is 0 Å². The average molecular weight is 439 g/mol. The number of benzene rings is 1. The SMILES string of the molecule is CCN(CC)S(=O)(=O)c1ccc2nnn(OCC(=O)N3CCC(C(N)=O)CC3)c2c1. The quantitative estimate of drug-likeness (QED) is 0.592. The van der Waals surface area contributed by atoms with E-state index in [1.54, 1.807) is 24.8 Å². The van der Waals surface area contributed by atoms with Crippen molar-refractivity contribution in [2.45, 2.75) is 31.6 Å². The lowest BCUT2D eigenvalue weighted by Crippen LogP contribution is -2.44. The van der Waals surface area contributed by atoms with Gasteiger partial charge in [-0.25, -0.2) is 8.42 Å². The van der Waals surface area contributed by atoms with Gasteiger partial charge in [-0.15, -0.1) is 5.10 Å². The molecule has 2 aromatic rings. The highest BCUT2D eigenvalue weighted by atomic mass is 32.2. The fourth-order valence-corrected chi connectivity index (χ4v) is 4.95. The van der Waals surface area contributed by atoms with Crippen LogP contribution in [0.4, 0.5) is 0 Å². The minimum Gasteiger partial charge on any atom is -0.385 e. The third-order valence-corrected chi connectivity index (χ3v) is 7.34. The van der Waals surface area contributed by atoms with E-state index in [2.05, 4.69) is 10.3 Å². The summed E-state index contributed by atoms with van der Waals surface area (Å²) in [4.78, 5) is 31.9. The van der Waals surface area contributed by atoms with Crippen LogP contribution in [0.25, 0.3) is 11.0 Å². The Kier molecular flexibility index (Phi) is 6.56. The van der Waals surface area contributed by atoms with Gasteiger partial charge in [-0.05, 0) is 36.3 Å². The van der Waals surface area contributed by atoms with Gasteiger partial charge in [-0.2, -0.15) is 4.31 Å². The van der Waals surface area contributed by atoms with Crippen molar-refractivity contribution in [2.75, 3.05) is 32.8 Å². The summed E-state index contributed by atoms with van der Waals surface area (Å²) in [5, 5.41) is 7.81. The molecule has 1 aromatic carbocycles. The van der Waals surface area contributed by atoms with Crippen molar-refractivity contribution >= 4 is 32.9 Å². The number of nitrogens with zero attached hydrogens (tertiary/aromatic N) is 5. The Labute approximate surface area is 174 Å². The zero-order valence-corrected chi connectivity index (χ0v) is 17.8. The number of primary amides is 1. The molecule has 3 rings (SSSR count). The van der Waals surface area contributed by atoms with Gasteiger partial charge in [0.2, 0.25) is 15.9 Å². The van der Waals surface area contributed by atoms with Crippen LogP contribution in [0.3, 0.4) is 0 Å². The van der Waals surface area contributed by atoms with Crippen LogP contribution in [0.15, 0.2) is 23.1 Å². The molecule has 1 saturated heterocycles. The number of carbonyl (C=O) groups excluding carboxylic acids is 2. The lowest BCUT2D eigenvalue weighted by atomic mass is 9.96. The topological polar surface area (TPSA) is 141 Å². The fraction of sp³-hybridized carbons (Fsp3) is 0.556. The maximum Gasteiger partial charge on any atom is 0.263 e. The minimum absolute atomic E-state index is 0.103. The molecule has 2 amide bonds. The molecule has 30 heavy (non-hydrogen) atoms. The summed E-state index contributed by atoms with van der Waals surface area (Å²) in [7, 11) is -3.65. The van der Waals surface area contributed by atoms with Crippen LogP contribution in [0.5, 0.6) is 0 Å². The molecule has 0 spiro atoms. The van der Waals surface area contributed by atoms with Crippen molar-refractivity contribution in [1.29, 1.82) is 0 Å². The summed E-state index contributed by atoms with van der Waals surface area (Å²) >= 11 is 0. The van der Waals surface area contributed by atoms with Crippen LogP contribution in [-0.2, 0) is 19.6 Å². The molecule has 2 heterocycles. The lowest BCUT2D eigenvalue weighted by molar-refractivity contribution is -0.139. The molecule has 1 fully saturated rings. The minimum atomic E-state index is -3.65. The van der Waals surface area contributed by atoms with Gasteiger partial charge in [0, 0.05) is 32.1 Å². The summed E-state index contributed by atoms with van der Waals surface area (Å²) in [6.45, 7) is 4.82. The van der Waals surface area contributed by atoms with Gasteiger partial charge < -0.3 is 15.5 Å². The standard InChI is InChI=1S/C18H26N6O5S/c1-3-23(4-2)30(27,28)14-5-6-15-16(11-14)24(21-20-15)29-12-17(25)22-9-7-13(8-10-22)18(19)26/h5-6,11,13H,3-4,7-10,12H2,1-2H3,(H2,19,26). The number of piperidine rings is 1. The number of rotatable bonds is 8. The Balaban J connectivity index is 1.71. The molecule has 0 unspecified atom stereocenters. The Bertz CT molecular complexity index is 1020. The van der Waals surface area contributed by atoms with E-state index in [-0.39, 0.29) is 29.2 Å². The smallest absolute Gasteiger partial charge is 0.263 e. The zero-order chi connectivity index (χ0) is 21.9. The first kappa shape index (κ1) is 22.0. The molecule has 164 valence electrons. The number of likely N-dealkylation sites (tertiary alicyclic amines) is 1. The first-order chi connectivity index (χ1) is 14.3. The van der Waals surface area contributed by atoms with Crippen molar-refractivity contribution in [3.05, 3.63) is 18.2 Å². The van der Waals surface area contributed by atoms with E-state index < -0.39 is 10.0 Å². The van der Waals surface area contributed by atoms with Crippen molar-refractivity contribution in [3.63, 3.8) is 0 Å². The molecule has 2 N–H and O–H groups in total. The van der Waals surface area contributed by atoms with E-state index in [4.69, 9.17) is 10.6 Å². The molecule has 12 heteroatoms. The molecule has 0 radical (unpaired) electrons. The number of fused-ring (bicyclic) bond motifs is 1. The molecular formula is C18H26N6O5S. The summed E-state index contributed by atoms with van der Waals surface area (Å²) in [5.74, 6) is -0.809. The van der Waals surface area contributed by atoms with E-state index in [0.717, 1.165) is 4.85 Å². The molecule has 0 atom stereocenters. The highest BCUT2D eigenvalue weighted by Gasteiger charge is 2.27. The monoisotopic (exact) mass is 438 g/mol. The molecule has 1 aliphatic rings. The summed E-state index contributed by atoms with van der Waals surface area (Å²) in [5.41, 5.74) is 6.11. The number of hydrogen-bond acceptors (Lipinski definition) is 7. The van der Waals surface area contributed by atoms with Crippen molar-refractivity contribution < 1.29 is 22.8 Å². The number of aromatic nitrogens is 3. The van der Waals surface area contributed by atoms with Crippen LogP contribution < -0.4 is 10.6 Å². The van der Waals surface area contributed by atoms with Crippen LogP contribution in [-0.4, -0.2) is 77.4 Å².